The lowest BCUT2D eigenvalue weighted by atomic mass is 9.82. The Morgan fingerprint density at radius 1 is 0.408 bits per heavy atom. The maximum absolute atomic E-state index is 5.41. The van der Waals surface area contributed by atoms with Crippen LogP contribution in [0.5, 0.6) is 0 Å². The van der Waals surface area contributed by atoms with Gasteiger partial charge < -0.3 is 0 Å². The van der Waals surface area contributed by atoms with Crippen LogP contribution in [0.15, 0.2) is 140 Å². The van der Waals surface area contributed by atoms with Crippen LogP contribution in [-0.4, -0.2) is 14.5 Å². The van der Waals surface area contributed by atoms with Gasteiger partial charge in [-0.3, -0.25) is 4.57 Å². The van der Waals surface area contributed by atoms with Gasteiger partial charge in [0.15, 0.2) is 0 Å². The van der Waals surface area contributed by atoms with Crippen LogP contribution >= 0.6 is 0 Å². The zero-order valence-corrected chi connectivity index (χ0v) is 28.1. The van der Waals surface area contributed by atoms with E-state index in [1.807, 2.05) is 0 Å². The minimum Gasteiger partial charge on any atom is -0.278 e. The SMILES string of the molecule is CC1(C)c2ccccc2-c2ccc(-c3cc(-c4ccccc4)nc(-n4c5ccccc5c5cc6c(cc54)-c4ccccc4C6(C)C)n3)cc21. The molecule has 2 heterocycles. The van der Waals surface area contributed by atoms with Gasteiger partial charge in [0.25, 0.3) is 0 Å². The zero-order valence-electron chi connectivity index (χ0n) is 28.1. The van der Waals surface area contributed by atoms with Crippen molar-refractivity contribution in [2.75, 3.05) is 0 Å². The smallest absolute Gasteiger partial charge is 0.235 e. The highest BCUT2D eigenvalue weighted by atomic mass is 15.2. The molecular formula is C46H35N3. The van der Waals surface area contributed by atoms with E-state index in [0.29, 0.717) is 5.95 Å². The lowest BCUT2D eigenvalue weighted by Crippen LogP contribution is -2.15. The van der Waals surface area contributed by atoms with Crippen molar-refractivity contribution in [2.24, 2.45) is 0 Å². The van der Waals surface area contributed by atoms with Crippen LogP contribution < -0.4 is 0 Å². The Labute approximate surface area is 286 Å². The van der Waals surface area contributed by atoms with Gasteiger partial charge in [-0.15, -0.1) is 0 Å². The number of fused-ring (bicyclic) bond motifs is 9. The maximum atomic E-state index is 5.41. The van der Waals surface area contributed by atoms with Gasteiger partial charge in [-0.2, -0.15) is 0 Å². The Hall–Kier alpha value is -5.80. The predicted molar refractivity (Wildman–Crippen MR) is 202 cm³/mol. The lowest BCUT2D eigenvalue weighted by molar-refractivity contribution is 0.660. The Morgan fingerprint density at radius 3 is 1.71 bits per heavy atom. The van der Waals surface area contributed by atoms with E-state index in [2.05, 4.69) is 172 Å². The van der Waals surface area contributed by atoms with Crippen molar-refractivity contribution in [2.45, 2.75) is 38.5 Å². The van der Waals surface area contributed by atoms with Gasteiger partial charge in [-0.25, -0.2) is 9.97 Å². The fourth-order valence-corrected chi connectivity index (χ4v) is 8.68. The fourth-order valence-electron chi connectivity index (χ4n) is 8.68. The largest absolute Gasteiger partial charge is 0.278 e. The molecule has 10 rings (SSSR count). The molecule has 2 aliphatic carbocycles. The summed E-state index contributed by atoms with van der Waals surface area (Å²) in [4.78, 5) is 10.7. The first-order chi connectivity index (χ1) is 23.8. The van der Waals surface area contributed by atoms with Crippen molar-refractivity contribution in [1.29, 1.82) is 0 Å². The average Bonchev–Trinajstić information content (AvgIpc) is 3.67. The minimum absolute atomic E-state index is 0.0821. The normalized spacial score (nSPS) is 14.9. The van der Waals surface area contributed by atoms with Crippen molar-refractivity contribution < 1.29 is 0 Å². The van der Waals surface area contributed by atoms with Crippen LogP contribution in [0.25, 0.3) is 72.5 Å². The second kappa shape index (κ2) is 9.87. The molecule has 3 nitrogen and oxygen atoms in total. The Kier molecular flexibility index (Phi) is 5.69. The third-order valence-corrected chi connectivity index (χ3v) is 11.2. The first-order valence-corrected chi connectivity index (χ1v) is 17.2. The Balaban J connectivity index is 1.24. The minimum atomic E-state index is -0.0999. The molecule has 0 saturated carbocycles. The molecule has 0 N–H and O–H groups in total. The first kappa shape index (κ1) is 28.2. The van der Waals surface area contributed by atoms with Gasteiger partial charge in [0.1, 0.15) is 0 Å². The number of aromatic nitrogens is 3. The quantitative estimate of drug-likeness (QED) is 0.195. The number of hydrogen-bond donors (Lipinski definition) is 0. The molecule has 0 spiro atoms. The van der Waals surface area contributed by atoms with Gasteiger partial charge in [0.05, 0.1) is 22.4 Å². The van der Waals surface area contributed by atoms with Crippen molar-refractivity contribution in [1.82, 2.24) is 14.5 Å². The van der Waals surface area contributed by atoms with Gasteiger partial charge in [-0.1, -0.05) is 137 Å². The molecule has 0 saturated heterocycles. The molecule has 234 valence electrons. The number of benzene rings is 6. The summed E-state index contributed by atoms with van der Waals surface area (Å²) in [6, 6.07) is 50.7. The predicted octanol–water partition coefficient (Wildman–Crippen LogP) is 11.5. The standard InChI is InChI=1S/C46H35N3/c1-45(2)36-19-11-8-16-30(36)32-23-22-29(24-38(32)45)41-27-40(28-14-6-5-7-15-28)47-44(48-41)49-42-21-13-10-18-33(42)35-25-39-34(26-43(35)49)31-17-9-12-20-37(31)46(39,3)4/h5-27H,1-4H3. The highest BCUT2D eigenvalue weighted by molar-refractivity contribution is 6.11. The van der Waals surface area contributed by atoms with E-state index in [1.54, 1.807) is 0 Å². The Morgan fingerprint density at radius 2 is 0.980 bits per heavy atom. The highest BCUT2D eigenvalue weighted by Crippen LogP contribution is 2.52. The van der Waals surface area contributed by atoms with Crippen LogP contribution in [0.2, 0.25) is 0 Å². The van der Waals surface area contributed by atoms with Gasteiger partial charge in [-0.05, 0) is 74.8 Å². The van der Waals surface area contributed by atoms with E-state index in [4.69, 9.17) is 9.97 Å². The molecule has 0 amide bonds. The summed E-state index contributed by atoms with van der Waals surface area (Å²) < 4.78 is 2.28. The van der Waals surface area contributed by atoms with Crippen molar-refractivity contribution in [3.63, 3.8) is 0 Å². The third kappa shape index (κ3) is 3.90. The summed E-state index contributed by atoms with van der Waals surface area (Å²) in [6.45, 7) is 9.35. The van der Waals surface area contributed by atoms with E-state index in [0.717, 1.165) is 33.5 Å². The molecule has 2 aliphatic rings. The molecule has 3 heteroatoms. The molecule has 2 aromatic heterocycles. The fraction of sp³-hybridized carbons (Fsp3) is 0.130. The highest BCUT2D eigenvalue weighted by Gasteiger charge is 2.37. The van der Waals surface area contributed by atoms with E-state index < -0.39 is 0 Å². The van der Waals surface area contributed by atoms with Gasteiger partial charge in [0, 0.05) is 32.7 Å². The van der Waals surface area contributed by atoms with E-state index >= 15 is 0 Å². The van der Waals surface area contributed by atoms with Crippen molar-refractivity contribution >= 4 is 21.8 Å². The van der Waals surface area contributed by atoms with Crippen LogP contribution in [0.1, 0.15) is 49.9 Å². The van der Waals surface area contributed by atoms with Crippen LogP contribution in [0, 0.1) is 0 Å². The van der Waals surface area contributed by atoms with E-state index in [1.165, 1.54) is 55.3 Å². The monoisotopic (exact) mass is 629 g/mol. The first-order valence-electron chi connectivity index (χ1n) is 17.2. The van der Waals surface area contributed by atoms with E-state index in [-0.39, 0.29) is 10.8 Å². The van der Waals surface area contributed by atoms with Gasteiger partial charge in [0.2, 0.25) is 5.95 Å². The molecule has 0 unspecified atom stereocenters. The summed E-state index contributed by atoms with van der Waals surface area (Å²) in [6.07, 6.45) is 0. The molecule has 49 heavy (non-hydrogen) atoms. The number of rotatable bonds is 3. The number of para-hydroxylation sites is 1. The third-order valence-electron chi connectivity index (χ3n) is 11.2. The van der Waals surface area contributed by atoms with Crippen LogP contribution in [-0.2, 0) is 10.8 Å². The summed E-state index contributed by atoms with van der Waals surface area (Å²) in [7, 11) is 0. The molecule has 0 bridgehead atoms. The summed E-state index contributed by atoms with van der Waals surface area (Å²) in [5, 5.41) is 2.43. The lowest BCUT2D eigenvalue weighted by Gasteiger charge is -2.22. The second-order valence-electron chi connectivity index (χ2n) is 14.7. The van der Waals surface area contributed by atoms with E-state index in [9.17, 15) is 0 Å². The molecule has 8 aromatic rings. The van der Waals surface area contributed by atoms with Crippen LogP contribution in [0.3, 0.4) is 0 Å². The molecular weight excluding hydrogens is 595 g/mol. The number of hydrogen-bond acceptors (Lipinski definition) is 2. The summed E-state index contributed by atoms with van der Waals surface area (Å²) >= 11 is 0. The Bertz CT molecular complexity index is 2660. The molecule has 0 radical (unpaired) electrons. The summed E-state index contributed by atoms with van der Waals surface area (Å²) in [5.74, 6) is 0.677. The molecule has 6 aromatic carbocycles. The maximum Gasteiger partial charge on any atom is 0.235 e. The van der Waals surface area contributed by atoms with Crippen molar-refractivity contribution in [3.05, 3.63) is 162 Å². The summed E-state index contributed by atoms with van der Waals surface area (Å²) in [5.41, 5.74) is 16.7. The topological polar surface area (TPSA) is 30.7 Å². The molecule has 0 fully saturated rings. The van der Waals surface area contributed by atoms with Crippen LogP contribution in [0.4, 0.5) is 0 Å². The second-order valence-corrected chi connectivity index (χ2v) is 14.7. The molecule has 0 atom stereocenters. The number of nitrogens with zero attached hydrogens (tertiary/aromatic N) is 3. The molecule has 0 aliphatic heterocycles. The van der Waals surface area contributed by atoms with Gasteiger partial charge >= 0.3 is 0 Å². The average molecular weight is 630 g/mol. The van der Waals surface area contributed by atoms with Crippen molar-refractivity contribution in [3.8, 4) is 50.7 Å². The zero-order chi connectivity index (χ0) is 33.1.